The van der Waals surface area contributed by atoms with Gasteiger partial charge in [0.2, 0.25) is 0 Å². The van der Waals surface area contributed by atoms with Crippen molar-refractivity contribution in [3.8, 4) is 0 Å². The molecule has 2 heteroatoms. The van der Waals surface area contributed by atoms with Crippen LogP contribution in [0, 0.1) is 0 Å². The summed E-state index contributed by atoms with van der Waals surface area (Å²) in [5, 5.41) is 0. The van der Waals surface area contributed by atoms with Crippen LogP contribution in [-0.2, 0) is 0 Å². The van der Waals surface area contributed by atoms with Gasteiger partial charge >= 0.3 is 0 Å². The highest BCUT2D eigenvalue weighted by Gasteiger charge is 2.28. The lowest BCUT2D eigenvalue weighted by molar-refractivity contribution is 1.47. The zero-order chi connectivity index (χ0) is 4.62. The molecule has 0 saturated carbocycles. The van der Waals surface area contributed by atoms with Crippen molar-refractivity contribution in [3.05, 3.63) is 0 Å². The maximum Gasteiger partial charge on any atom is 0.0412 e. The van der Waals surface area contributed by atoms with Crippen LogP contribution < -0.4 is 0 Å². The van der Waals surface area contributed by atoms with Gasteiger partial charge < -0.3 is 0 Å². The Labute approximate surface area is 42.8 Å². The first-order valence-electron chi connectivity index (χ1n) is 2.41. The Morgan fingerprint density at radius 1 is 1.33 bits per heavy atom. The molecule has 2 radical (unpaired) electrons. The topological polar surface area (TPSA) is 0 Å². The lowest BCUT2D eigenvalue weighted by atomic mass is 11.7. The summed E-state index contributed by atoms with van der Waals surface area (Å²) in [5.41, 5.74) is 3.24. The molecular formula is C4H10Si2. The number of hydrogen-bond donors (Lipinski definition) is 0. The minimum absolute atomic E-state index is 0.438. The standard InChI is InChI=1S/C4H10Si2/c1-6(2)3-5-4-6/h3-4H2,1-2H3. The molecule has 0 aromatic heterocycles. The van der Waals surface area contributed by atoms with Gasteiger partial charge in [-0.25, -0.2) is 0 Å². The molecule has 34 valence electrons. The van der Waals surface area contributed by atoms with E-state index in [9.17, 15) is 0 Å². The van der Waals surface area contributed by atoms with E-state index in [0.29, 0.717) is 0 Å². The molecule has 1 rings (SSSR count). The summed E-state index contributed by atoms with van der Waals surface area (Å²) >= 11 is 0. The molecule has 0 aliphatic carbocycles. The van der Waals surface area contributed by atoms with Crippen molar-refractivity contribution >= 4 is 17.6 Å². The molecule has 1 fully saturated rings. The quantitative estimate of drug-likeness (QED) is 0.417. The molecule has 1 aliphatic rings. The first kappa shape index (κ1) is 4.59. The summed E-state index contributed by atoms with van der Waals surface area (Å²) in [6.07, 6.45) is 0. The average Bonchev–Trinajstić information content (AvgIpc) is 1.32. The number of hydrogen-bond acceptors (Lipinski definition) is 0. The Hall–Kier alpha value is 0.434. The smallest absolute Gasteiger partial charge is 0.0412 e. The van der Waals surface area contributed by atoms with Gasteiger partial charge in [-0.2, -0.15) is 0 Å². The van der Waals surface area contributed by atoms with Crippen LogP contribution in [0.15, 0.2) is 0 Å². The van der Waals surface area contributed by atoms with Crippen LogP contribution in [0.5, 0.6) is 0 Å². The fourth-order valence-electron chi connectivity index (χ4n) is 0.625. The molecule has 0 atom stereocenters. The molecule has 0 aromatic carbocycles. The highest BCUT2D eigenvalue weighted by Crippen LogP contribution is 2.23. The molecule has 0 amide bonds. The fourth-order valence-corrected chi connectivity index (χ4v) is 5.62. The van der Waals surface area contributed by atoms with Crippen LogP contribution >= 0.6 is 0 Å². The Balaban J connectivity index is 2.31. The van der Waals surface area contributed by atoms with Crippen LogP contribution in [-0.4, -0.2) is 17.6 Å². The van der Waals surface area contributed by atoms with Crippen LogP contribution in [0.3, 0.4) is 0 Å². The van der Waals surface area contributed by atoms with E-state index in [4.69, 9.17) is 0 Å². The van der Waals surface area contributed by atoms with Gasteiger partial charge in [0.1, 0.15) is 0 Å². The van der Waals surface area contributed by atoms with Crippen molar-refractivity contribution in [2.75, 3.05) is 0 Å². The van der Waals surface area contributed by atoms with Crippen molar-refractivity contribution in [1.82, 2.24) is 0 Å². The molecule has 0 spiro atoms. The van der Waals surface area contributed by atoms with Crippen molar-refractivity contribution in [1.29, 1.82) is 0 Å². The maximum atomic E-state index is 2.48. The molecular weight excluding hydrogens is 104 g/mol. The fraction of sp³-hybridized carbons (Fsp3) is 1.00. The maximum absolute atomic E-state index is 2.48. The summed E-state index contributed by atoms with van der Waals surface area (Å²) < 4.78 is 0. The van der Waals surface area contributed by atoms with Crippen molar-refractivity contribution < 1.29 is 0 Å². The molecule has 1 saturated heterocycles. The third kappa shape index (κ3) is 0.735. The predicted octanol–water partition coefficient (Wildman–Crippen LogP) is 1.33. The van der Waals surface area contributed by atoms with E-state index in [1.54, 1.807) is 11.3 Å². The minimum atomic E-state index is -0.438. The second-order valence-corrected chi connectivity index (χ2v) is 10.4. The van der Waals surface area contributed by atoms with Crippen molar-refractivity contribution in [3.63, 3.8) is 0 Å². The molecule has 0 bridgehead atoms. The van der Waals surface area contributed by atoms with Crippen LogP contribution in [0.25, 0.3) is 0 Å². The Bertz CT molecular complexity index is 52.6. The van der Waals surface area contributed by atoms with Gasteiger partial charge in [-0.3, -0.25) is 0 Å². The monoisotopic (exact) mass is 114 g/mol. The first-order valence-corrected chi connectivity index (χ1v) is 7.24. The van der Waals surface area contributed by atoms with Gasteiger partial charge in [0.15, 0.2) is 0 Å². The van der Waals surface area contributed by atoms with E-state index < -0.39 is 8.07 Å². The van der Waals surface area contributed by atoms with Gasteiger partial charge in [-0.15, -0.1) is 0 Å². The SMILES string of the molecule is C[Si]1(C)C[Si]C1. The van der Waals surface area contributed by atoms with Gasteiger partial charge in [-0.05, 0) is 0 Å². The largest absolute Gasteiger partial charge is 0.0698 e. The van der Waals surface area contributed by atoms with E-state index in [2.05, 4.69) is 13.1 Å². The summed E-state index contributed by atoms with van der Waals surface area (Å²) in [6.45, 7) is 4.95. The second-order valence-electron chi connectivity index (χ2n) is 2.77. The summed E-state index contributed by atoms with van der Waals surface area (Å²) in [6, 6.07) is 0. The summed E-state index contributed by atoms with van der Waals surface area (Å²) in [4.78, 5) is 0. The van der Waals surface area contributed by atoms with Crippen LogP contribution in [0.4, 0.5) is 0 Å². The molecule has 0 nitrogen and oxygen atoms in total. The lowest BCUT2D eigenvalue weighted by Gasteiger charge is -2.30. The normalized spacial score (nSPS) is 29.0. The van der Waals surface area contributed by atoms with E-state index in [0.717, 1.165) is 0 Å². The molecule has 0 unspecified atom stereocenters. The minimum Gasteiger partial charge on any atom is -0.0698 e. The van der Waals surface area contributed by atoms with Crippen molar-refractivity contribution in [2.45, 2.75) is 24.4 Å². The van der Waals surface area contributed by atoms with Gasteiger partial charge in [0.25, 0.3) is 0 Å². The van der Waals surface area contributed by atoms with E-state index in [1.165, 1.54) is 9.52 Å². The third-order valence-corrected chi connectivity index (χ3v) is 10.9. The summed E-state index contributed by atoms with van der Waals surface area (Å²) in [7, 11) is 0.896. The van der Waals surface area contributed by atoms with E-state index in [1.807, 2.05) is 0 Å². The van der Waals surface area contributed by atoms with Gasteiger partial charge in [-0.1, -0.05) is 24.4 Å². The van der Waals surface area contributed by atoms with Crippen LogP contribution in [0.2, 0.25) is 24.4 Å². The van der Waals surface area contributed by atoms with Gasteiger partial charge in [0.05, 0.1) is 0 Å². The molecule has 6 heavy (non-hydrogen) atoms. The molecule has 1 aliphatic heterocycles. The molecule has 0 aromatic rings. The predicted molar refractivity (Wildman–Crippen MR) is 32.8 cm³/mol. The van der Waals surface area contributed by atoms with Crippen LogP contribution in [0.1, 0.15) is 0 Å². The number of rotatable bonds is 0. The Morgan fingerprint density at radius 3 is 1.67 bits per heavy atom. The average molecular weight is 114 g/mol. The highest BCUT2D eigenvalue weighted by molar-refractivity contribution is 6.98. The van der Waals surface area contributed by atoms with Gasteiger partial charge in [0, 0.05) is 17.6 Å². The molecule has 0 N–H and O–H groups in total. The molecule has 1 heterocycles. The Morgan fingerprint density at radius 2 is 1.67 bits per heavy atom. The van der Waals surface area contributed by atoms with E-state index >= 15 is 0 Å². The third-order valence-electron chi connectivity index (χ3n) is 1.21. The zero-order valence-electron chi connectivity index (χ0n) is 4.41. The van der Waals surface area contributed by atoms with Crippen molar-refractivity contribution in [2.24, 2.45) is 0 Å². The lowest BCUT2D eigenvalue weighted by Crippen LogP contribution is -2.39. The zero-order valence-corrected chi connectivity index (χ0v) is 6.41. The first-order chi connectivity index (χ1) is 2.71. The second kappa shape index (κ2) is 1.20. The summed E-state index contributed by atoms with van der Waals surface area (Å²) in [5.74, 6) is 0. The van der Waals surface area contributed by atoms with E-state index in [-0.39, 0.29) is 0 Å². The highest BCUT2D eigenvalue weighted by atomic mass is 28.4. The Kier molecular flexibility index (Phi) is 0.918.